The van der Waals surface area contributed by atoms with E-state index in [2.05, 4.69) is 15.9 Å². The number of amides is 1. The molecule has 3 rings (SSSR count). The normalized spacial score (nSPS) is 17.8. The van der Waals surface area contributed by atoms with Crippen molar-refractivity contribution < 1.29 is 18.7 Å². The number of hydrogen-bond donors (Lipinski definition) is 0. The molecule has 5 nitrogen and oxygen atoms in total. The SMILES string of the molecule is CCOC(=O)C(C#N)=C1SC(Cc2ccc(F)cc2)C(=O)N1c1ccc(Br)cc1. The Hall–Kier alpha value is -2.63. The highest BCUT2D eigenvalue weighted by atomic mass is 79.9. The summed E-state index contributed by atoms with van der Waals surface area (Å²) in [5.41, 5.74) is 1.11. The maximum absolute atomic E-state index is 13.2. The summed E-state index contributed by atoms with van der Waals surface area (Å²) in [6, 6.07) is 14.8. The molecular formula is C21H16BrFN2O3S. The van der Waals surface area contributed by atoms with Gasteiger partial charge in [0, 0.05) is 10.2 Å². The van der Waals surface area contributed by atoms with Gasteiger partial charge in [0.05, 0.1) is 11.9 Å². The molecule has 29 heavy (non-hydrogen) atoms. The van der Waals surface area contributed by atoms with Gasteiger partial charge < -0.3 is 4.74 Å². The number of nitriles is 1. The van der Waals surface area contributed by atoms with Gasteiger partial charge in [-0.15, -0.1) is 0 Å². The predicted octanol–water partition coefficient (Wildman–Crippen LogP) is 4.58. The second kappa shape index (κ2) is 9.25. The van der Waals surface area contributed by atoms with E-state index in [1.807, 2.05) is 6.07 Å². The fourth-order valence-corrected chi connectivity index (χ4v) is 4.40. The molecule has 0 saturated carbocycles. The van der Waals surface area contributed by atoms with Gasteiger partial charge in [0.25, 0.3) is 0 Å². The van der Waals surface area contributed by atoms with Crippen LogP contribution in [0.1, 0.15) is 12.5 Å². The monoisotopic (exact) mass is 474 g/mol. The lowest BCUT2D eigenvalue weighted by Crippen LogP contribution is -2.30. The molecule has 1 saturated heterocycles. The maximum atomic E-state index is 13.2. The summed E-state index contributed by atoms with van der Waals surface area (Å²) in [5, 5.41) is 9.26. The van der Waals surface area contributed by atoms with Crippen LogP contribution in [0.15, 0.2) is 63.6 Å². The van der Waals surface area contributed by atoms with Crippen LogP contribution in [0, 0.1) is 17.1 Å². The fourth-order valence-electron chi connectivity index (χ4n) is 2.83. The molecule has 0 bridgehead atoms. The number of rotatable bonds is 5. The van der Waals surface area contributed by atoms with Crippen molar-refractivity contribution in [3.63, 3.8) is 0 Å². The van der Waals surface area contributed by atoms with E-state index in [-0.39, 0.29) is 28.9 Å². The van der Waals surface area contributed by atoms with Crippen LogP contribution in [0.5, 0.6) is 0 Å². The maximum Gasteiger partial charge on any atom is 0.351 e. The van der Waals surface area contributed by atoms with Crippen LogP contribution in [0.3, 0.4) is 0 Å². The first-order valence-electron chi connectivity index (χ1n) is 8.76. The highest BCUT2D eigenvalue weighted by Crippen LogP contribution is 2.42. The van der Waals surface area contributed by atoms with Crippen molar-refractivity contribution in [3.05, 3.63) is 75.0 Å². The molecule has 2 aromatic rings. The molecule has 0 aliphatic carbocycles. The summed E-state index contributed by atoms with van der Waals surface area (Å²) >= 11 is 4.49. The van der Waals surface area contributed by atoms with Gasteiger partial charge >= 0.3 is 5.97 Å². The number of anilines is 1. The lowest BCUT2D eigenvalue weighted by Gasteiger charge is -2.18. The van der Waals surface area contributed by atoms with Gasteiger partial charge in [-0.05, 0) is 55.3 Å². The van der Waals surface area contributed by atoms with Gasteiger partial charge in [-0.3, -0.25) is 9.69 Å². The number of benzene rings is 2. The Balaban J connectivity index is 2.02. The second-order valence-corrected chi connectivity index (χ2v) is 8.21. The minimum Gasteiger partial charge on any atom is -0.462 e. The lowest BCUT2D eigenvalue weighted by molar-refractivity contribution is -0.138. The van der Waals surface area contributed by atoms with Crippen molar-refractivity contribution in [2.24, 2.45) is 0 Å². The number of thioether (sulfide) groups is 1. The average Bonchev–Trinajstić information content (AvgIpc) is 3.01. The third kappa shape index (κ3) is 4.69. The molecule has 1 fully saturated rings. The molecule has 0 aromatic heterocycles. The highest BCUT2D eigenvalue weighted by molar-refractivity contribution is 9.10. The van der Waals surface area contributed by atoms with Gasteiger partial charge in [-0.2, -0.15) is 5.26 Å². The fraction of sp³-hybridized carbons (Fsp3) is 0.190. The smallest absolute Gasteiger partial charge is 0.351 e. The molecule has 1 atom stereocenters. The molecule has 1 aliphatic rings. The van der Waals surface area contributed by atoms with Crippen molar-refractivity contribution in [3.8, 4) is 6.07 Å². The molecule has 1 heterocycles. The van der Waals surface area contributed by atoms with Crippen LogP contribution in [0.2, 0.25) is 0 Å². The van der Waals surface area contributed by atoms with Gasteiger partial charge in [-0.1, -0.05) is 39.8 Å². The molecule has 0 N–H and O–H groups in total. The van der Waals surface area contributed by atoms with Gasteiger partial charge in [0.15, 0.2) is 5.57 Å². The van der Waals surface area contributed by atoms with E-state index in [1.165, 1.54) is 17.0 Å². The van der Waals surface area contributed by atoms with E-state index in [1.54, 1.807) is 43.3 Å². The average molecular weight is 475 g/mol. The van der Waals surface area contributed by atoms with E-state index in [0.29, 0.717) is 12.1 Å². The van der Waals surface area contributed by atoms with Crippen molar-refractivity contribution in [2.45, 2.75) is 18.6 Å². The number of carbonyl (C=O) groups excluding carboxylic acids is 2. The Bertz CT molecular complexity index is 1000. The van der Waals surface area contributed by atoms with Crippen LogP contribution in [-0.2, 0) is 20.7 Å². The first-order valence-corrected chi connectivity index (χ1v) is 10.4. The van der Waals surface area contributed by atoms with Crippen LogP contribution >= 0.6 is 27.7 Å². The quantitative estimate of drug-likeness (QED) is 0.360. The van der Waals surface area contributed by atoms with E-state index in [0.717, 1.165) is 21.8 Å². The molecule has 0 spiro atoms. The molecule has 1 unspecified atom stereocenters. The van der Waals surface area contributed by atoms with E-state index in [4.69, 9.17) is 4.74 Å². The van der Waals surface area contributed by atoms with Gasteiger partial charge in [0.2, 0.25) is 5.91 Å². The zero-order valence-corrected chi connectivity index (χ0v) is 17.8. The van der Waals surface area contributed by atoms with Crippen LogP contribution in [0.25, 0.3) is 0 Å². The van der Waals surface area contributed by atoms with Crippen molar-refractivity contribution in [1.29, 1.82) is 5.26 Å². The van der Waals surface area contributed by atoms with Crippen LogP contribution in [-0.4, -0.2) is 23.7 Å². The molecule has 1 aliphatic heterocycles. The second-order valence-electron chi connectivity index (χ2n) is 6.10. The number of halogens is 2. The summed E-state index contributed by atoms with van der Waals surface area (Å²) in [5.74, 6) is -1.38. The largest absolute Gasteiger partial charge is 0.462 e. The Morgan fingerprint density at radius 1 is 1.24 bits per heavy atom. The molecule has 0 radical (unpaired) electrons. The Morgan fingerprint density at radius 3 is 2.48 bits per heavy atom. The summed E-state index contributed by atoms with van der Waals surface area (Å²) in [6.07, 6.45) is 0.335. The Morgan fingerprint density at radius 2 is 1.90 bits per heavy atom. The molecule has 1 amide bonds. The first kappa shape index (κ1) is 21.1. The third-order valence-electron chi connectivity index (χ3n) is 4.18. The lowest BCUT2D eigenvalue weighted by atomic mass is 10.1. The van der Waals surface area contributed by atoms with E-state index >= 15 is 0 Å². The number of hydrogen-bond acceptors (Lipinski definition) is 5. The van der Waals surface area contributed by atoms with Gasteiger partial charge in [-0.25, -0.2) is 9.18 Å². The molecule has 8 heteroatoms. The summed E-state index contributed by atoms with van der Waals surface area (Å²) in [6.45, 7) is 1.77. The number of nitrogens with zero attached hydrogens (tertiary/aromatic N) is 2. The highest BCUT2D eigenvalue weighted by Gasteiger charge is 2.41. The van der Waals surface area contributed by atoms with E-state index in [9.17, 15) is 19.2 Å². The standard InChI is InChI=1S/C21H16BrFN2O3S/c1-2-28-21(27)17(12-24)20-25(16-9-5-14(22)6-10-16)19(26)18(29-20)11-13-3-7-15(23)8-4-13/h3-10,18H,2,11H2,1H3. The zero-order chi connectivity index (χ0) is 21.0. The summed E-state index contributed by atoms with van der Waals surface area (Å²) < 4.78 is 19.0. The van der Waals surface area contributed by atoms with Crippen molar-refractivity contribution in [2.75, 3.05) is 11.5 Å². The number of carbonyl (C=O) groups is 2. The molecule has 148 valence electrons. The van der Waals surface area contributed by atoms with Crippen LogP contribution in [0.4, 0.5) is 10.1 Å². The summed E-state index contributed by atoms with van der Waals surface area (Å²) in [7, 11) is 0. The number of esters is 1. The third-order valence-corrected chi connectivity index (χ3v) is 5.97. The topological polar surface area (TPSA) is 70.4 Å². The minimum absolute atomic E-state index is 0.118. The summed E-state index contributed by atoms with van der Waals surface area (Å²) in [4.78, 5) is 26.9. The first-order chi connectivity index (χ1) is 13.9. The minimum atomic E-state index is -0.769. The zero-order valence-electron chi connectivity index (χ0n) is 15.4. The Labute approximate surface area is 180 Å². The number of ether oxygens (including phenoxy) is 1. The van der Waals surface area contributed by atoms with Crippen molar-refractivity contribution >= 4 is 45.3 Å². The van der Waals surface area contributed by atoms with Crippen molar-refractivity contribution in [1.82, 2.24) is 0 Å². The molecular weight excluding hydrogens is 459 g/mol. The van der Waals surface area contributed by atoms with E-state index < -0.39 is 11.2 Å². The molecule has 2 aromatic carbocycles. The van der Waals surface area contributed by atoms with Gasteiger partial charge in [0.1, 0.15) is 16.9 Å². The predicted molar refractivity (Wildman–Crippen MR) is 112 cm³/mol. The van der Waals surface area contributed by atoms with Crippen LogP contribution < -0.4 is 4.90 Å². The Kier molecular flexibility index (Phi) is 6.72.